The lowest BCUT2D eigenvalue weighted by atomic mass is 10.2. The zero-order chi connectivity index (χ0) is 22.9. The first-order chi connectivity index (χ1) is 14.8. The molecule has 2 aromatic carbocycles. The fourth-order valence-electron chi connectivity index (χ4n) is 2.37. The Morgan fingerprint density at radius 3 is 2.45 bits per heavy atom. The van der Waals surface area contributed by atoms with Gasteiger partial charge < -0.3 is 14.8 Å². The molecule has 31 heavy (non-hydrogen) atoms. The fourth-order valence-corrected chi connectivity index (χ4v) is 4.21. The predicted molar refractivity (Wildman–Crippen MR) is 127 cm³/mol. The number of ether oxygens (including phenoxy) is 2. The molecule has 11 heteroatoms. The number of carbonyl (C=O) groups excluding carboxylic acids is 1. The highest BCUT2D eigenvalue weighted by Crippen LogP contribution is 2.26. The highest BCUT2D eigenvalue weighted by atomic mass is 79.9. The number of thiocarbonyl (C=S) groups is 1. The van der Waals surface area contributed by atoms with E-state index in [1.165, 1.54) is 12.1 Å². The van der Waals surface area contributed by atoms with Gasteiger partial charge in [-0.15, -0.1) is 0 Å². The number of carbonyl (C=O) groups is 1. The Morgan fingerprint density at radius 2 is 1.84 bits per heavy atom. The summed E-state index contributed by atoms with van der Waals surface area (Å²) in [6, 6.07) is 11.0. The Balaban J connectivity index is 1.95. The third-order valence-electron chi connectivity index (χ3n) is 3.93. The van der Waals surface area contributed by atoms with Crippen LogP contribution in [0.25, 0.3) is 0 Å². The molecule has 0 unspecified atom stereocenters. The molecule has 0 fully saturated rings. The number of methoxy groups -OCH3 is 1. The average Bonchev–Trinajstić information content (AvgIpc) is 2.73. The van der Waals surface area contributed by atoms with Crippen LogP contribution in [0.1, 0.15) is 23.7 Å². The second-order valence-electron chi connectivity index (χ2n) is 6.32. The summed E-state index contributed by atoms with van der Waals surface area (Å²) in [5.41, 5.74) is 0.932. The van der Waals surface area contributed by atoms with E-state index in [1.807, 2.05) is 6.92 Å². The highest BCUT2D eigenvalue weighted by molar-refractivity contribution is 9.10. The molecule has 0 aliphatic rings. The Kier molecular flexibility index (Phi) is 9.85. The van der Waals surface area contributed by atoms with E-state index in [0.717, 1.165) is 0 Å². The summed E-state index contributed by atoms with van der Waals surface area (Å²) < 4.78 is 37.8. The third kappa shape index (κ3) is 7.86. The Morgan fingerprint density at radius 1 is 1.13 bits per heavy atom. The number of sulfonamides is 1. The highest BCUT2D eigenvalue weighted by Gasteiger charge is 2.14. The van der Waals surface area contributed by atoms with Crippen LogP contribution in [0.4, 0.5) is 5.69 Å². The van der Waals surface area contributed by atoms with Crippen molar-refractivity contribution in [3.8, 4) is 5.75 Å². The molecule has 0 radical (unpaired) electrons. The van der Waals surface area contributed by atoms with E-state index in [9.17, 15) is 13.2 Å². The van der Waals surface area contributed by atoms with E-state index in [4.69, 9.17) is 21.7 Å². The molecule has 168 valence electrons. The maximum Gasteiger partial charge on any atom is 0.257 e. The molecule has 0 saturated carbocycles. The number of rotatable bonds is 10. The lowest BCUT2D eigenvalue weighted by molar-refractivity contribution is 0.0977. The average molecular weight is 530 g/mol. The summed E-state index contributed by atoms with van der Waals surface area (Å²) in [5.74, 6) is 0.197. The normalized spacial score (nSPS) is 11.1. The molecule has 0 aliphatic heterocycles. The van der Waals surface area contributed by atoms with Crippen molar-refractivity contribution in [3.05, 3.63) is 52.5 Å². The van der Waals surface area contributed by atoms with Crippen molar-refractivity contribution in [2.24, 2.45) is 0 Å². The summed E-state index contributed by atoms with van der Waals surface area (Å²) in [4.78, 5) is 12.6. The van der Waals surface area contributed by atoms with Crippen LogP contribution in [-0.2, 0) is 14.8 Å². The SMILES string of the molecule is CCCNS(=O)(=O)c1ccc(NC(=S)NC(=O)c2ccc(OCCOC)c(Br)c2)cc1. The standard InChI is InChI=1S/C20H24BrN3O5S2/c1-3-10-22-31(26,27)16-7-5-15(6-8-16)23-20(30)24-19(25)14-4-9-18(17(21)13-14)29-12-11-28-2/h4-9,13,22H,3,10-12H2,1-2H3,(H2,23,24,25,30). The minimum atomic E-state index is -3.54. The molecule has 2 rings (SSSR count). The number of amides is 1. The van der Waals surface area contributed by atoms with Crippen LogP contribution in [0, 0.1) is 0 Å². The van der Waals surface area contributed by atoms with E-state index in [2.05, 4.69) is 31.3 Å². The fraction of sp³-hybridized carbons (Fsp3) is 0.300. The minimum absolute atomic E-state index is 0.0845. The first-order valence-electron chi connectivity index (χ1n) is 9.40. The van der Waals surface area contributed by atoms with Crippen LogP contribution in [0.2, 0.25) is 0 Å². The van der Waals surface area contributed by atoms with Crippen LogP contribution in [-0.4, -0.2) is 46.3 Å². The molecule has 2 aromatic rings. The second kappa shape index (κ2) is 12.1. The maximum atomic E-state index is 12.4. The van der Waals surface area contributed by atoms with Gasteiger partial charge in [0.1, 0.15) is 12.4 Å². The number of hydrogen-bond acceptors (Lipinski definition) is 6. The summed E-state index contributed by atoms with van der Waals surface area (Å²) in [7, 11) is -1.95. The van der Waals surface area contributed by atoms with Crippen molar-refractivity contribution >= 4 is 54.9 Å². The third-order valence-corrected chi connectivity index (χ3v) is 6.23. The van der Waals surface area contributed by atoms with Crippen molar-refractivity contribution in [2.45, 2.75) is 18.2 Å². The molecule has 0 heterocycles. The van der Waals surface area contributed by atoms with Gasteiger partial charge in [-0.2, -0.15) is 0 Å². The topological polar surface area (TPSA) is 106 Å². The van der Waals surface area contributed by atoms with Crippen molar-refractivity contribution in [1.82, 2.24) is 10.0 Å². The lowest BCUT2D eigenvalue weighted by Gasteiger charge is -2.12. The molecule has 0 bridgehead atoms. The number of anilines is 1. The van der Waals surface area contributed by atoms with E-state index in [0.29, 0.717) is 47.7 Å². The molecule has 0 spiro atoms. The molecule has 0 aromatic heterocycles. The smallest absolute Gasteiger partial charge is 0.257 e. The molecule has 0 aliphatic carbocycles. The van der Waals surface area contributed by atoms with Crippen molar-refractivity contribution < 1.29 is 22.7 Å². The lowest BCUT2D eigenvalue weighted by Crippen LogP contribution is -2.34. The monoisotopic (exact) mass is 529 g/mol. The number of benzene rings is 2. The Labute approximate surface area is 195 Å². The van der Waals surface area contributed by atoms with Gasteiger partial charge in [0.05, 0.1) is 16.0 Å². The predicted octanol–water partition coefficient (Wildman–Crippen LogP) is 3.29. The molecule has 0 saturated heterocycles. The quantitative estimate of drug-likeness (QED) is 0.320. The Hall–Kier alpha value is -2.05. The van der Waals surface area contributed by atoms with E-state index in [-0.39, 0.29) is 10.0 Å². The molecule has 8 nitrogen and oxygen atoms in total. The van der Waals surface area contributed by atoms with Gasteiger partial charge in [0.25, 0.3) is 5.91 Å². The van der Waals surface area contributed by atoms with Crippen LogP contribution in [0.5, 0.6) is 5.75 Å². The van der Waals surface area contributed by atoms with Crippen LogP contribution in [0.3, 0.4) is 0 Å². The summed E-state index contributed by atoms with van der Waals surface area (Å²) in [6.07, 6.45) is 0.701. The number of nitrogens with one attached hydrogen (secondary N) is 3. The van der Waals surface area contributed by atoms with Gasteiger partial charge in [0.15, 0.2) is 5.11 Å². The van der Waals surface area contributed by atoms with Crippen molar-refractivity contribution in [1.29, 1.82) is 0 Å². The van der Waals surface area contributed by atoms with E-state index >= 15 is 0 Å². The zero-order valence-corrected chi connectivity index (χ0v) is 20.3. The minimum Gasteiger partial charge on any atom is -0.490 e. The van der Waals surface area contributed by atoms with Gasteiger partial charge in [-0.1, -0.05) is 6.92 Å². The van der Waals surface area contributed by atoms with Crippen molar-refractivity contribution in [3.63, 3.8) is 0 Å². The summed E-state index contributed by atoms with van der Waals surface area (Å²) >= 11 is 8.56. The first-order valence-corrected chi connectivity index (χ1v) is 12.1. The van der Waals surface area contributed by atoms with Gasteiger partial charge in [-0.25, -0.2) is 13.1 Å². The largest absolute Gasteiger partial charge is 0.490 e. The molecular formula is C20H24BrN3O5S2. The number of hydrogen-bond donors (Lipinski definition) is 3. The van der Waals surface area contributed by atoms with Gasteiger partial charge >= 0.3 is 0 Å². The van der Waals surface area contributed by atoms with Gasteiger partial charge in [0.2, 0.25) is 10.0 Å². The van der Waals surface area contributed by atoms with Crippen LogP contribution >= 0.6 is 28.1 Å². The van der Waals surface area contributed by atoms with Gasteiger partial charge in [0, 0.05) is 24.9 Å². The molecule has 0 atom stereocenters. The molecule has 1 amide bonds. The maximum absolute atomic E-state index is 12.4. The van der Waals surface area contributed by atoms with Gasteiger partial charge in [-0.05, 0) is 77.0 Å². The summed E-state index contributed by atoms with van der Waals surface area (Å²) in [5, 5.41) is 5.53. The second-order valence-corrected chi connectivity index (χ2v) is 9.35. The van der Waals surface area contributed by atoms with Gasteiger partial charge in [-0.3, -0.25) is 10.1 Å². The van der Waals surface area contributed by atoms with Crippen molar-refractivity contribution in [2.75, 3.05) is 32.2 Å². The zero-order valence-electron chi connectivity index (χ0n) is 17.1. The van der Waals surface area contributed by atoms with Crippen LogP contribution < -0.4 is 20.1 Å². The Bertz CT molecular complexity index is 1010. The summed E-state index contributed by atoms with van der Waals surface area (Å²) in [6.45, 7) is 3.10. The molecule has 3 N–H and O–H groups in total. The van der Waals surface area contributed by atoms with Crippen LogP contribution in [0.15, 0.2) is 51.8 Å². The number of halogens is 1. The molecular weight excluding hydrogens is 506 g/mol. The van der Waals surface area contributed by atoms with E-state index < -0.39 is 15.9 Å². The van der Waals surface area contributed by atoms with E-state index in [1.54, 1.807) is 37.4 Å². The first kappa shape index (κ1) is 25.2.